The Hall–Kier alpha value is -1.03. The fraction of sp³-hybridized carbons (Fsp3) is 0.455. The molecule has 1 saturated heterocycles. The first-order valence-electron chi connectivity index (χ1n) is 5.06. The molecule has 0 radical (unpaired) electrons. The van der Waals surface area contributed by atoms with E-state index >= 15 is 0 Å². The molecule has 82 valence electrons. The third-order valence-electron chi connectivity index (χ3n) is 2.73. The molecule has 1 heterocycles. The topological polar surface area (TPSA) is 12.0 Å². The van der Waals surface area contributed by atoms with Gasteiger partial charge in [-0.2, -0.15) is 0 Å². The molecule has 15 heavy (non-hydrogen) atoms. The quantitative estimate of drug-likeness (QED) is 0.710. The van der Waals surface area contributed by atoms with Gasteiger partial charge in [0.15, 0.2) is 11.6 Å². The Bertz CT molecular complexity index is 359. The zero-order valence-corrected chi connectivity index (χ0v) is 8.19. The molecule has 1 aliphatic heterocycles. The average Bonchev–Trinajstić information content (AvgIpc) is 2.25. The van der Waals surface area contributed by atoms with E-state index in [0.717, 1.165) is 31.9 Å². The Morgan fingerprint density at radius 3 is 2.40 bits per heavy atom. The van der Waals surface area contributed by atoms with Crippen molar-refractivity contribution >= 4 is 0 Å². The number of benzene rings is 1. The summed E-state index contributed by atoms with van der Waals surface area (Å²) in [5.74, 6) is -2.79. The molecule has 1 aromatic rings. The van der Waals surface area contributed by atoms with Crippen LogP contribution < -0.4 is 5.32 Å². The van der Waals surface area contributed by atoms with E-state index in [1.807, 2.05) is 0 Å². The van der Waals surface area contributed by atoms with Gasteiger partial charge in [-0.1, -0.05) is 6.42 Å². The predicted octanol–water partition coefficient (Wildman–Crippen LogP) is 2.92. The largest absolute Gasteiger partial charge is 0.310 e. The van der Waals surface area contributed by atoms with Gasteiger partial charge < -0.3 is 5.32 Å². The highest BCUT2D eigenvalue weighted by molar-refractivity contribution is 5.23. The van der Waals surface area contributed by atoms with E-state index in [-0.39, 0.29) is 11.6 Å². The third-order valence-corrected chi connectivity index (χ3v) is 2.73. The maximum atomic E-state index is 13.4. The molecule has 0 amide bonds. The summed E-state index contributed by atoms with van der Waals surface area (Å²) in [5.41, 5.74) is 0.230. The molecule has 0 saturated carbocycles. The minimum Gasteiger partial charge on any atom is -0.310 e. The summed E-state index contributed by atoms with van der Waals surface area (Å²) >= 11 is 0. The van der Waals surface area contributed by atoms with E-state index < -0.39 is 17.5 Å². The fourth-order valence-electron chi connectivity index (χ4n) is 1.92. The number of nitrogens with one attached hydrogen (secondary N) is 1. The molecule has 2 rings (SSSR count). The van der Waals surface area contributed by atoms with Crippen molar-refractivity contribution in [2.24, 2.45) is 0 Å². The molecule has 0 bridgehead atoms. The van der Waals surface area contributed by atoms with Crippen LogP contribution in [0.1, 0.15) is 30.9 Å². The van der Waals surface area contributed by atoms with Crippen molar-refractivity contribution in [1.82, 2.24) is 5.32 Å². The Balaban J connectivity index is 2.30. The van der Waals surface area contributed by atoms with Gasteiger partial charge in [0, 0.05) is 17.7 Å². The van der Waals surface area contributed by atoms with Gasteiger partial charge in [-0.25, -0.2) is 13.2 Å². The standard InChI is InChI=1S/C11H12F3N/c12-8-6-10(14)9(13)5-7(8)11-3-1-2-4-15-11/h5-6,11,15H,1-4H2/t11-/m0/s1. The molecule has 0 spiro atoms. The van der Waals surface area contributed by atoms with Gasteiger partial charge in [0.25, 0.3) is 0 Å². The summed E-state index contributed by atoms with van der Waals surface area (Å²) in [6, 6.07) is 1.38. The molecular formula is C11H12F3N. The zero-order chi connectivity index (χ0) is 10.8. The first kappa shape index (κ1) is 10.5. The van der Waals surface area contributed by atoms with Crippen molar-refractivity contribution in [3.8, 4) is 0 Å². The Morgan fingerprint density at radius 2 is 1.73 bits per heavy atom. The first-order valence-corrected chi connectivity index (χ1v) is 5.06. The monoisotopic (exact) mass is 215 g/mol. The molecule has 1 nitrogen and oxygen atoms in total. The van der Waals surface area contributed by atoms with Crippen LogP contribution in [0.5, 0.6) is 0 Å². The van der Waals surface area contributed by atoms with Crippen molar-refractivity contribution in [2.75, 3.05) is 6.54 Å². The van der Waals surface area contributed by atoms with E-state index in [1.165, 1.54) is 0 Å². The van der Waals surface area contributed by atoms with E-state index in [2.05, 4.69) is 5.32 Å². The van der Waals surface area contributed by atoms with Crippen LogP contribution in [0.4, 0.5) is 13.2 Å². The minimum absolute atomic E-state index is 0.186. The first-order chi connectivity index (χ1) is 7.18. The van der Waals surface area contributed by atoms with Gasteiger partial charge in [-0.05, 0) is 25.5 Å². The molecule has 1 aliphatic rings. The van der Waals surface area contributed by atoms with Gasteiger partial charge in [-0.3, -0.25) is 0 Å². The van der Waals surface area contributed by atoms with E-state index in [4.69, 9.17) is 0 Å². The molecule has 1 N–H and O–H groups in total. The lowest BCUT2D eigenvalue weighted by atomic mass is 9.97. The lowest BCUT2D eigenvalue weighted by Gasteiger charge is -2.24. The van der Waals surface area contributed by atoms with Gasteiger partial charge in [0.1, 0.15) is 5.82 Å². The highest BCUT2D eigenvalue weighted by Gasteiger charge is 2.20. The van der Waals surface area contributed by atoms with E-state index in [0.29, 0.717) is 6.07 Å². The molecule has 1 fully saturated rings. The highest BCUT2D eigenvalue weighted by atomic mass is 19.2. The molecular weight excluding hydrogens is 203 g/mol. The highest BCUT2D eigenvalue weighted by Crippen LogP contribution is 2.26. The molecule has 1 aromatic carbocycles. The predicted molar refractivity (Wildman–Crippen MR) is 50.9 cm³/mol. The SMILES string of the molecule is Fc1cc(F)c([C@@H]2CCCCN2)cc1F. The lowest BCUT2D eigenvalue weighted by Crippen LogP contribution is -2.27. The maximum absolute atomic E-state index is 13.4. The van der Waals surface area contributed by atoms with Crippen LogP contribution in [-0.4, -0.2) is 6.54 Å². The fourth-order valence-corrected chi connectivity index (χ4v) is 1.92. The Kier molecular flexibility index (Phi) is 2.95. The summed E-state index contributed by atoms with van der Waals surface area (Å²) in [6.07, 6.45) is 2.79. The summed E-state index contributed by atoms with van der Waals surface area (Å²) in [4.78, 5) is 0. The Morgan fingerprint density at radius 1 is 1.00 bits per heavy atom. The Labute approximate surface area is 86.3 Å². The zero-order valence-electron chi connectivity index (χ0n) is 8.19. The smallest absolute Gasteiger partial charge is 0.161 e. The second kappa shape index (κ2) is 4.23. The van der Waals surface area contributed by atoms with Crippen LogP contribution in [0.2, 0.25) is 0 Å². The second-order valence-corrected chi connectivity index (χ2v) is 3.79. The van der Waals surface area contributed by atoms with Crippen molar-refractivity contribution in [2.45, 2.75) is 25.3 Å². The van der Waals surface area contributed by atoms with Crippen LogP contribution in [0.3, 0.4) is 0 Å². The number of rotatable bonds is 1. The van der Waals surface area contributed by atoms with Gasteiger partial charge >= 0.3 is 0 Å². The van der Waals surface area contributed by atoms with Crippen LogP contribution in [-0.2, 0) is 0 Å². The number of hydrogen-bond acceptors (Lipinski definition) is 1. The van der Waals surface area contributed by atoms with E-state index in [1.54, 1.807) is 0 Å². The second-order valence-electron chi connectivity index (χ2n) is 3.79. The summed E-state index contributed by atoms with van der Waals surface area (Å²) < 4.78 is 39.0. The maximum Gasteiger partial charge on any atom is 0.161 e. The van der Waals surface area contributed by atoms with Crippen molar-refractivity contribution in [3.05, 3.63) is 35.1 Å². The van der Waals surface area contributed by atoms with Crippen LogP contribution >= 0.6 is 0 Å². The summed E-state index contributed by atoms with van der Waals surface area (Å²) in [6.45, 7) is 0.795. The van der Waals surface area contributed by atoms with Gasteiger partial charge in [-0.15, -0.1) is 0 Å². The van der Waals surface area contributed by atoms with Gasteiger partial charge in [0.05, 0.1) is 0 Å². The van der Waals surface area contributed by atoms with Gasteiger partial charge in [0.2, 0.25) is 0 Å². The molecule has 0 aliphatic carbocycles. The molecule has 0 unspecified atom stereocenters. The van der Waals surface area contributed by atoms with Crippen LogP contribution in [0.15, 0.2) is 12.1 Å². The number of hydrogen-bond donors (Lipinski definition) is 1. The van der Waals surface area contributed by atoms with E-state index in [9.17, 15) is 13.2 Å². The molecule has 1 atom stereocenters. The number of piperidine rings is 1. The lowest BCUT2D eigenvalue weighted by molar-refractivity contribution is 0.393. The summed E-state index contributed by atoms with van der Waals surface area (Å²) in [7, 11) is 0. The average molecular weight is 215 g/mol. The number of halogens is 3. The van der Waals surface area contributed by atoms with Crippen LogP contribution in [0.25, 0.3) is 0 Å². The van der Waals surface area contributed by atoms with Crippen molar-refractivity contribution in [1.29, 1.82) is 0 Å². The van der Waals surface area contributed by atoms with Crippen molar-refractivity contribution < 1.29 is 13.2 Å². The van der Waals surface area contributed by atoms with Crippen LogP contribution in [0, 0.1) is 17.5 Å². The summed E-state index contributed by atoms with van der Waals surface area (Å²) in [5, 5.41) is 3.09. The third kappa shape index (κ3) is 2.15. The molecule has 0 aromatic heterocycles. The molecule has 4 heteroatoms. The normalized spacial score (nSPS) is 21.7. The minimum atomic E-state index is -1.13. The van der Waals surface area contributed by atoms with Crippen molar-refractivity contribution in [3.63, 3.8) is 0 Å².